The lowest BCUT2D eigenvalue weighted by Gasteiger charge is -2.41. The molecule has 9 heteroatoms. The van der Waals surface area contributed by atoms with E-state index in [1.165, 1.54) is 14.0 Å². The van der Waals surface area contributed by atoms with Crippen LogP contribution in [0.3, 0.4) is 0 Å². The molecule has 1 heterocycles. The minimum absolute atomic E-state index is 0.0831. The van der Waals surface area contributed by atoms with Crippen LogP contribution in [0.4, 0.5) is 0 Å². The number of aliphatic hydroxyl groups is 3. The van der Waals surface area contributed by atoms with E-state index in [0.29, 0.717) is 12.2 Å². The lowest BCUT2D eigenvalue weighted by Crippen LogP contribution is -2.60. The zero-order valence-corrected chi connectivity index (χ0v) is 16.0. The van der Waals surface area contributed by atoms with Crippen molar-refractivity contribution >= 4 is 5.97 Å². The van der Waals surface area contributed by atoms with Crippen LogP contribution in [-0.2, 0) is 25.4 Å². The van der Waals surface area contributed by atoms with Gasteiger partial charge < -0.3 is 39.4 Å². The van der Waals surface area contributed by atoms with Gasteiger partial charge in [-0.05, 0) is 37.0 Å². The Balaban J connectivity index is 1.84. The van der Waals surface area contributed by atoms with Gasteiger partial charge in [-0.25, -0.2) is 0 Å². The van der Waals surface area contributed by atoms with Crippen molar-refractivity contribution in [2.24, 2.45) is 0 Å². The molecule has 1 fully saturated rings. The third kappa shape index (κ3) is 5.79. The molecule has 0 bridgehead atoms. The van der Waals surface area contributed by atoms with Gasteiger partial charge in [-0.3, -0.25) is 4.79 Å². The zero-order chi connectivity index (χ0) is 20.7. The van der Waals surface area contributed by atoms with Gasteiger partial charge in [-0.1, -0.05) is 6.07 Å². The number of methoxy groups -OCH3 is 1. The fraction of sp³-hybridized carbons (Fsp3) is 0.632. The summed E-state index contributed by atoms with van der Waals surface area (Å²) in [5.74, 6) is -0.145. The minimum atomic E-state index is -1.43. The van der Waals surface area contributed by atoms with E-state index < -0.39 is 43.3 Å². The number of benzene rings is 1. The average molecular weight is 400 g/mol. The van der Waals surface area contributed by atoms with Gasteiger partial charge in [0, 0.05) is 13.5 Å². The predicted molar refractivity (Wildman–Crippen MR) is 96.9 cm³/mol. The van der Waals surface area contributed by atoms with E-state index in [-0.39, 0.29) is 12.4 Å². The fourth-order valence-electron chi connectivity index (χ4n) is 3.02. The summed E-state index contributed by atoms with van der Waals surface area (Å²) >= 11 is 0. The summed E-state index contributed by atoms with van der Waals surface area (Å²) in [6.45, 7) is 0.937. The third-order valence-electron chi connectivity index (χ3n) is 4.51. The van der Waals surface area contributed by atoms with E-state index in [2.05, 4.69) is 0 Å². The molecule has 2 rings (SSSR count). The van der Waals surface area contributed by atoms with Crippen molar-refractivity contribution in [1.82, 2.24) is 0 Å². The predicted octanol–water partition coefficient (Wildman–Crippen LogP) is 0.111. The van der Waals surface area contributed by atoms with Gasteiger partial charge in [0.05, 0.1) is 13.7 Å². The summed E-state index contributed by atoms with van der Waals surface area (Å²) in [5.41, 5.74) is 1.00. The molecule has 158 valence electrons. The molecule has 9 nitrogen and oxygen atoms in total. The van der Waals surface area contributed by atoms with E-state index in [4.69, 9.17) is 18.9 Å². The van der Waals surface area contributed by atoms with Crippen molar-refractivity contribution in [2.75, 3.05) is 20.3 Å². The normalized spacial score (nSPS) is 27.4. The highest BCUT2D eigenvalue weighted by molar-refractivity contribution is 5.66. The number of rotatable bonds is 9. The Labute approximate surface area is 163 Å². The van der Waals surface area contributed by atoms with Gasteiger partial charge in [-0.2, -0.15) is 0 Å². The second kappa shape index (κ2) is 10.6. The highest BCUT2D eigenvalue weighted by Crippen LogP contribution is 2.27. The lowest BCUT2D eigenvalue weighted by molar-refractivity contribution is -0.304. The van der Waals surface area contributed by atoms with Crippen molar-refractivity contribution in [2.45, 2.75) is 56.9 Å². The lowest BCUT2D eigenvalue weighted by atomic mass is 9.99. The minimum Gasteiger partial charge on any atom is -0.504 e. The molecule has 1 saturated heterocycles. The Morgan fingerprint density at radius 2 is 1.96 bits per heavy atom. The molecule has 4 N–H and O–H groups in total. The van der Waals surface area contributed by atoms with Gasteiger partial charge in [0.2, 0.25) is 0 Å². The average Bonchev–Trinajstić information content (AvgIpc) is 2.67. The molecule has 1 aromatic rings. The van der Waals surface area contributed by atoms with Crippen molar-refractivity contribution in [3.8, 4) is 11.5 Å². The van der Waals surface area contributed by atoms with Crippen LogP contribution in [-0.4, -0.2) is 77.4 Å². The van der Waals surface area contributed by atoms with Gasteiger partial charge in [-0.15, -0.1) is 0 Å². The summed E-state index contributed by atoms with van der Waals surface area (Å²) in [7, 11) is 1.49. The second-order valence-corrected chi connectivity index (χ2v) is 6.61. The quantitative estimate of drug-likeness (QED) is 0.336. The standard InChI is InChI=1S/C19H28O9/c1-11(21)27-18-17(24)16(23)15(10-20)28-19(18)26-8-4-3-5-12-6-7-13(22)14(9-12)25-2/h6-7,9,15-20,22-24H,3-5,8,10H2,1-2H3. The SMILES string of the molecule is COc1cc(CCCCOC2OC(CO)C(O)C(O)C2OC(C)=O)ccc1O. The molecular weight excluding hydrogens is 372 g/mol. The number of aromatic hydroxyl groups is 1. The van der Waals surface area contributed by atoms with Crippen LogP contribution < -0.4 is 4.74 Å². The second-order valence-electron chi connectivity index (χ2n) is 6.61. The van der Waals surface area contributed by atoms with Crippen molar-refractivity contribution in [1.29, 1.82) is 0 Å². The van der Waals surface area contributed by atoms with Crippen LogP contribution in [0.2, 0.25) is 0 Å². The number of carbonyl (C=O) groups excluding carboxylic acids is 1. The number of ether oxygens (including phenoxy) is 4. The first-order valence-corrected chi connectivity index (χ1v) is 9.14. The molecule has 0 spiro atoms. The molecule has 1 aliphatic rings. The van der Waals surface area contributed by atoms with Gasteiger partial charge in [0.25, 0.3) is 0 Å². The summed E-state index contributed by atoms with van der Waals surface area (Å²) in [5, 5.41) is 39.0. The Morgan fingerprint density at radius 1 is 1.21 bits per heavy atom. The summed E-state index contributed by atoms with van der Waals surface area (Å²) in [4.78, 5) is 11.3. The first kappa shape index (κ1) is 22.4. The van der Waals surface area contributed by atoms with Crippen LogP contribution >= 0.6 is 0 Å². The number of aryl methyl sites for hydroxylation is 1. The number of phenolic OH excluding ortho intramolecular Hbond substituents is 1. The van der Waals surface area contributed by atoms with Crippen LogP contribution in [0.25, 0.3) is 0 Å². The van der Waals surface area contributed by atoms with Crippen molar-refractivity contribution in [3.63, 3.8) is 0 Å². The van der Waals surface area contributed by atoms with Crippen molar-refractivity contribution in [3.05, 3.63) is 23.8 Å². The topological polar surface area (TPSA) is 135 Å². The van der Waals surface area contributed by atoms with E-state index in [9.17, 15) is 25.2 Å². The smallest absolute Gasteiger partial charge is 0.303 e. The molecule has 0 amide bonds. The van der Waals surface area contributed by atoms with Gasteiger partial charge in [0.1, 0.15) is 18.3 Å². The maximum Gasteiger partial charge on any atom is 0.303 e. The Bertz CT molecular complexity index is 636. The highest BCUT2D eigenvalue weighted by atomic mass is 16.7. The van der Waals surface area contributed by atoms with Gasteiger partial charge >= 0.3 is 5.97 Å². The Morgan fingerprint density at radius 3 is 2.61 bits per heavy atom. The van der Waals surface area contributed by atoms with Crippen LogP contribution in [0.5, 0.6) is 11.5 Å². The van der Waals surface area contributed by atoms with E-state index in [0.717, 1.165) is 18.4 Å². The number of esters is 1. The first-order chi connectivity index (χ1) is 13.4. The monoisotopic (exact) mass is 400 g/mol. The molecule has 1 aromatic carbocycles. The zero-order valence-electron chi connectivity index (χ0n) is 16.0. The van der Waals surface area contributed by atoms with Crippen molar-refractivity contribution < 1.29 is 44.2 Å². The number of phenols is 1. The molecule has 0 aromatic heterocycles. The molecule has 28 heavy (non-hydrogen) atoms. The van der Waals surface area contributed by atoms with Crippen LogP contribution in [0, 0.1) is 0 Å². The number of hydrogen-bond donors (Lipinski definition) is 4. The Hall–Kier alpha value is -1.91. The van der Waals surface area contributed by atoms with E-state index in [1.54, 1.807) is 12.1 Å². The molecule has 0 radical (unpaired) electrons. The number of carbonyl (C=O) groups is 1. The maximum atomic E-state index is 11.3. The maximum absolute atomic E-state index is 11.3. The molecular formula is C19H28O9. The molecule has 5 unspecified atom stereocenters. The summed E-state index contributed by atoms with van der Waals surface area (Å²) < 4.78 is 21.1. The molecule has 0 saturated carbocycles. The number of unbranched alkanes of at least 4 members (excludes halogenated alkanes) is 1. The fourth-order valence-corrected chi connectivity index (χ4v) is 3.02. The van der Waals surface area contributed by atoms with E-state index in [1.807, 2.05) is 6.07 Å². The third-order valence-corrected chi connectivity index (χ3v) is 4.51. The summed E-state index contributed by atoms with van der Waals surface area (Å²) in [6.07, 6.45) is -3.96. The molecule has 1 aliphatic heterocycles. The van der Waals surface area contributed by atoms with E-state index >= 15 is 0 Å². The summed E-state index contributed by atoms with van der Waals surface area (Å²) in [6, 6.07) is 5.15. The van der Waals surface area contributed by atoms with Crippen LogP contribution in [0.1, 0.15) is 25.3 Å². The first-order valence-electron chi connectivity index (χ1n) is 9.14. The highest BCUT2D eigenvalue weighted by Gasteiger charge is 2.46. The van der Waals surface area contributed by atoms with Gasteiger partial charge in [0.15, 0.2) is 23.9 Å². The largest absolute Gasteiger partial charge is 0.504 e. The number of hydrogen-bond acceptors (Lipinski definition) is 9. The Kier molecular flexibility index (Phi) is 8.46. The van der Waals surface area contributed by atoms with Crippen LogP contribution in [0.15, 0.2) is 18.2 Å². The molecule has 0 aliphatic carbocycles. The molecule has 5 atom stereocenters. The number of aliphatic hydroxyl groups excluding tert-OH is 3.